The molecule has 2 rings (SSSR count). The van der Waals surface area contributed by atoms with Gasteiger partial charge in [-0.05, 0) is 70.6 Å². The van der Waals surface area contributed by atoms with Crippen LogP contribution in [0.4, 0.5) is 4.79 Å². The van der Waals surface area contributed by atoms with Crippen molar-refractivity contribution in [3.8, 4) is 0 Å². The predicted octanol–water partition coefficient (Wildman–Crippen LogP) is 4.56. The van der Waals surface area contributed by atoms with Gasteiger partial charge >= 0.3 is 6.09 Å². The van der Waals surface area contributed by atoms with Crippen molar-refractivity contribution in [1.82, 2.24) is 15.5 Å². The fourth-order valence-corrected chi connectivity index (χ4v) is 4.42. The average Bonchev–Trinajstić information content (AvgIpc) is 2.73. The lowest BCUT2D eigenvalue weighted by molar-refractivity contribution is -0.140. The number of ether oxygens (including phenoxy) is 1. The van der Waals surface area contributed by atoms with Crippen molar-refractivity contribution in [3.05, 3.63) is 34.9 Å². The van der Waals surface area contributed by atoms with Crippen molar-refractivity contribution in [2.45, 2.75) is 97.8 Å². The van der Waals surface area contributed by atoms with Gasteiger partial charge in [0.05, 0.1) is 0 Å². The quantitative estimate of drug-likeness (QED) is 0.597. The van der Waals surface area contributed by atoms with E-state index in [9.17, 15) is 14.4 Å². The third-order valence-corrected chi connectivity index (χ3v) is 5.89. The summed E-state index contributed by atoms with van der Waals surface area (Å²) in [5.74, 6) is -0.465. The van der Waals surface area contributed by atoms with Crippen molar-refractivity contribution in [1.29, 1.82) is 0 Å². The molecule has 1 saturated carbocycles. The van der Waals surface area contributed by atoms with E-state index in [1.807, 2.05) is 39.0 Å². The third kappa shape index (κ3) is 8.06. The van der Waals surface area contributed by atoms with Crippen LogP contribution in [-0.2, 0) is 14.3 Å². The van der Waals surface area contributed by atoms with Crippen LogP contribution in [0.2, 0.25) is 0 Å². The highest BCUT2D eigenvalue weighted by atomic mass is 16.6. The van der Waals surface area contributed by atoms with Gasteiger partial charge in [0.1, 0.15) is 18.2 Å². The van der Waals surface area contributed by atoms with Crippen molar-refractivity contribution in [3.63, 3.8) is 0 Å². The molecular formula is C26H41N3O4. The monoisotopic (exact) mass is 459 g/mol. The number of nitrogens with one attached hydrogen (secondary N) is 2. The molecule has 1 aliphatic rings. The van der Waals surface area contributed by atoms with E-state index in [1.165, 1.54) is 6.42 Å². The minimum absolute atomic E-state index is 0.136. The van der Waals surface area contributed by atoms with E-state index in [1.54, 1.807) is 25.7 Å². The van der Waals surface area contributed by atoms with Crippen molar-refractivity contribution in [2.75, 3.05) is 13.1 Å². The lowest BCUT2D eigenvalue weighted by atomic mass is 9.92. The summed E-state index contributed by atoms with van der Waals surface area (Å²) >= 11 is 0. The Morgan fingerprint density at radius 1 is 1.09 bits per heavy atom. The summed E-state index contributed by atoms with van der Waals surface area (Å²) in [6, 6.07) is 5.28. The van der Waals surface area contributed by atoms with Gasteiger partial charge in [-0.3, -0.25) is 9.59 Å². The van der Waals surface area contributed by atoms with E-state index < -0.39 is 17.7 Å². The van der Waals surface area contributed by atoms with Gasteiger partial charge in [-0.15, -0.1) is 0 Å². The zero-order valence-electron chi connectivity index (χ0n) is 21.1. The molecule has 0 saturated heterocycles. The van der Waals surface area contributed by atoms with Gasteiger partial charge in [-0.2, -0.15) is 0 Å². The summed E-state index contributed by atoms with van der Waals surface area (Å²) in [4.78, 5) is 40.7. The van der Waals surface area contributed by atoms with Crippen LogP contribution in [0.25, 0.3) is 0 Å². The molecule has 3 amide bonds. The van der Waals surface area contributed by atoms with Crippen LogP contribution in [0.5, 0.6) is 0 Å². The van der Waals surface area contributed by atoms with Crippen LogP contribution >= 0.6 is 0 Å². The maximum absolute atomic E-state index is 13.6. The SMILES string of the molecule is CCCN(C(=O)CNC(=O)OC(C)(C)C)C(C(=O)NC1CCCCC1)c1c(C)cccc1C. The van der Waals surface area contributed by atoms with Gasteiger partial charge in [0, 0.05) is 12.6 Å². The Labute approximate surface area is 198 Å². The number of hydrogen-bond donors (Lipinski definition) is 2. The molecule has 7 heteroatoms. The topological polar surface area (TPSA) is 87.7 Å². The number of carbonyl (C=O) groups excluding carboxylic acids is 3. The summed E-state index contributed by atoms with van der Waals surface area (Å²) in [6.07, 6.45) is 5.38. The maximum atomic E-state index is 13.6. The molecule has 1 fully saturated rings. The van der Waals surface area contributed by atoms with E-state index in [-0.39, 0.29) is 24.4 Å². The second kappa shape index (κ2) is 12.1. The summed E-state index contributed by atoms with van der Waals surface area (Å²) in [7, 11) is 0. The Hall–Kier alpha value is -2.57. The number of alkyl carbamates (subject to hydrolysis) is 1. The van der Waals surface area contributed by atoms with E-state index in [0.29, 0.717) is 13.0 Å². The molecule has 0 spiro atoms. The predicted molar refractivity (Wildman–Crippen MR) is 130 cm³/mol. The second-order valence-electron chi connectivity index (χ2n) is 9.99. The molecule has 7 nitrogen and oxygen atoms in total. The lowest BCUT2D eigenvalue weighted by Crippen LogP contribution is -2.50. The van der Waals surface area contributed by atoms with Crippen LogP contribution in [0.3, 0.4) is 0 Å². The van der Waals surface area contributed by atoms with E-state index in [4.69, 9.17) is 4.74 Å². The Kier molecular flexibility index (Phi) is 9.74. The summed E-state index contributed by atoms with van der Waals surface area (Å²) < 4.78 is 5.26. The maximum Gasteiger partial charge on any atom is 0.408 e. The lowest BCUT2D eigenvalue weighted by Gasteiger charge is -2.35. The molecule has 1 aromatic carbocycles. The number of nitrogens with zero attached hydrogens (tertiary/aromatic N) is 1. The minimum atomic E-state index is -0.749. The van der Waals surface area contributed by atoms with Crippen LogP contribution in [0.15, 0.2) is 18.2 Å². The number of carbonyl (C=O) groups is 3. The van der Waals surface area contributed by atoms with Crippen LogP contribution in [0, 0.1) is 13.8 Å². The Bertz CT molecular complexity index is 805. The summed E-state index contributed by atoms with van der Waals surface area (Å²) in [6.45, 7) is 11.4. The molecule has 1 aliphatic carbocycles. The molecule has 0 heterocycles. The largest absolute Gasteiger partial charge is 0.444 e. The fourth-order valence-electron chi connectivity index (χ4n) is 4.42. The molecule has 0 aliphatic heterocycles. The van der Waals surface area contributed by atoms with Crippen molar-refractivity contribution < 1.29 is 19.1 Å². The molecule has 1 atom stereocenters. The zero-order chi connectivity index (χ0) is 24.6. The van der Waals surface area contributed by atoms with Crippen LogP contribution in [-0.4, -0.2) is 47.5 Å². The first kappa shape index (κ1) is 26.7. The van der Waals surface area contributed by atoms with Gasteiger partial charge in [0.2, 0.25) is 11.8 Å². The van der Waals surface area contributed by atoms with E-state index in [0.717, 1.165) is 42.4 Å². The summed E-state index contributed by atoms with van der Waals surface area (Å²) in [5, 5.41) is 5.77. The second-order valence-corrected chi connectivity index (χ2v) is 9.99. The molecule has 0 bridgehead atoms. The molecule has 184 valence electrons. The summed E-state index contributed by atoms with van der Waals surface area (Å²) in [5.41, 5.74) is 2.13. The first-order chi connectivity index (χ1) is 15.5. The van der Waals surface area contributed by atoms with Gasteiger partial charge in [0.15, 0.2) is 0 Å². The molecule has 2 N–H and O–H groups in total. The Morgan fingerprint density at radius 3 is 2.24 bits per heavy atom. The highest BCUT2D eigenvalue weighted by Crippen LogP contribution is 2.29. The molecule has 1 aromatic rings. The molecule has 0 radical (unpaired) electrons. The van der Waals surface area contributed by atoms with Gasteiger partial charge in [-0.25, -0.2) is 4.79 Å². The third-order valence-electron chi connectivity index (χ3n) is 5.89. The number of benzene rings is 1. The Balaban J connectivity index is 2.31. The molecule has 0 aromatic heterocycles. The standard InChI is InChI=1S/C26H41N3O4/c1-7-16-29(21(30)17-27-25(32)33-26(4,5)6)23(22-18(2)12-11-13-19(22)3)24(31)28-20-14-9-8-10-15-20/h11-13,20,23H,7-10,14-17H2,1-6H3,(H,27,32)(H,28,31). The minimum Gasteiger partial charge on any atom is -0.444 e. The van der Waals surface area contributed by atoms with Gasteiger partial charge < -0.3 is 20.3 Å². The number of aryl methyl sites for hydroxylation is 2. The van der Waals surface area contributed by atoms with Crippen LogP contribution in [0.1, 0.15) is 89.0 Å². The Morgan fingerprint density at radius 2 is 1.70 bits per heavy atom. The van der Waals surface area contributed by atoms with Gasteiger partial charge in [0.25, 0.3) is 0 Å². The number of hydrogen-bond acceptors (Lipinski definition) is 4. The first-order valence-electron chi connectivity index (χ1n) is 12.2. The van der Waals surface area contributed by atoms with Gasteiger partial charge in [-0.1, -0.05) is 44.4 Å². The van der Waals surface area contributed by atoms with Crippen LogP contribution < -0.4 is 10.6 Å². The highest BCUT2D eigenvalue weighted by Gasteiger charge is 2.34. The molecule has 1 unspecified atom stereocenters. The van der Waals surface area contributed by atoms with Crippen molar-refractivity contribution in [2.24, 2.45) is 0 Å². The number of amides is 3. The van der Waals surface area contributed by atoms with E-state index in [2.05, 4.69) is 10.6 Å². The van der Waals surface area contributed by atoms with E-state index >= 15 is 0 Å². The first-order valence-corrected chi connectivity index (χ1v) is 12.2. The average molecular weight is 460 g/mol. The fraction of sp³-hybridized carbons (Fsp3) is 0.654. The highest BCUT2D eigenvalue weighted by molar-refractivity contribution is 5.91. The normalized spacial score (nSPS) is 15.5. The number of rotatable bonds is 8. The van der Waals surface area contributed by atoms with Crippen molar-refractivity contribution >= 4 is 17.9 Å². The molecule has 33 heavy (non-hydrogen) atoms. The zero-order valence-corrected chi connectivity index (χ0v) is 21.1. The molecular weight excluding hydrogens is 418 g/mol. The smallest absolute Gasteiger partial charge is 0.408 e.